The molecule has 3 rings (SSSR count). The summed E-state index contributed by atoms with van der Waals surface area (Å²) in [4.78, 5) is 28.4. The number of fused-ring (bicyclic) bond motifs is 1. The molecule has 2 aliphatic heterocycles. The second kappa shape index (κ2) is 8.67. The Balaban J connectivity index is 1.59. The van der Waals surface area contributed by atoms with Crippen LogP contribution in [0.25, 0.3) is 0 Å². The summed E-state index contributed by atoms with van der Waals surface area (Å²) in [5.74, 6) is -0.836. The number of likely N-dealkylation sites (tertiary alicyclic amines) is 1. The van der Waals surface area contributed by atoms with Gasteiger partial charge in [0.05, 0.1) is 5.92 Å². The summed E-state index contributed by atoms with van der Waals surface area (Å²) < 4.78 is 0. The molecule has 1 aromatic carbocycles. The van der Waals surface area contributed by atoms with Crippen LogP contribution in [-0.4, -0.2) is 54.5 Å². The van der Waals surface area contributed by atoms with E-state index in [-0.39, 0.29) is 11.7 Å². The molecule has 2 heterocycles. The zero-order valence-corrected chi connectivity index (χ0v) is 15.7. The predicted molar refractivity (Wildman–Crippen MR) is 103 cm³/mol. The Kier molecular flexibility index (Phi) is 6.30. The first-order valence-corrected chi connectivity index (χ1v) is 9.94. The van der Waals surface area contributed by atoms with E-state index in [0.29, 0.717) is 19.5 Å². The minimum Gasteiger partial charge on any atom is -0.481 e. The number of Topliss-reactive ketones (excluding diaryl/α,β-unsaturated/α-hetero) is 1. The number of rotatable bonds is 7. The molecular weight excluding hydrogens is 328 g/mol. The molecular formula is C21H30N2O3. The highest BCUT2D eigenvalue weighted by Crippen LogP contribution is 2.28. The Labute approximate surface area is 156 Å². The first-order valence-electron chi connectivity index (χ1n) is 9.94. The fourth-order valence-electron chi connectivity index (χ4n) is 4.21. The third-order valence-electron chi connectivity index (χ3n) is 5.62. The molecule has 1 atom stereocenters. The Morgan fingerprint density at radius 2 is 2.04 bits per heavy atom. The van der Waals surface area contributed by atoms with Gasteiger partial charge in [0.15, 0.2) is 5.78 Å². The van der Waals surface area contributed by atoms with E-state index in [2.05, 4.69) is 28.9 Å². The molecule has 142 valence electrons. The summed E-state index contributed by atoms with van der Waals surface area (Å²) in [5.41, 5.74) is 3.38. The van der Waals surface area contributed by atoms with E-state index in [1.54, 1.807) is 0 Å². The number of aryl methyl sites for hydroxylation is 1. The van der Waals surface area contributed by atoms with E-state index in [1.807, 2.05) is 6.07 Å². The Bertz CT molecular complexity index is 659. The Morgan fingerprint density at radius 3 is 2.81 bits per heavy atom. The maximum atomic E-state index is 12.6. The molecule has 1 aromatic rings. The van der Waals surface area contributed by atoms with Crippen molar-refractivity contribution in [2.45, 2.75) is 45.4 Å². The number of carbonyl (C=O) groups excluding carboxylic acids is 1. The molecule has 26 heavy (non-hydrogen) atoms. The van der Waals surface area contributed by atoms with Gasteiger partial charge >= 0.3 is 5.97 Å². The number of ketones is 1. The van der Waals surface area contributed by atoms with E-state index in [0.717, 1.165) is 57.3 Å². The molecule has 1 N–H and O–H groups in total. The summed E-state index contributed by atoms with van der Waals surface area (Å²) in [7, 11) is 0. The van der Waals surface area contributed by atoms with Crippen molar-refractivity contribution in [1.29, 1.82) is 0 Å². The van der Waals surface area contributed by atoms with Crippen LogP contribution in [0.5, 0.6) is 0 Å². The molecule has 0 spiro atoms. The van der Waals surface area contributed by atoms with Gasteiger partial charge in [0, 0.05) is 43.9 Å². The van der Waals surface area contributed by atoms with Crippen molar-refractivity contribution in [2.24, 2.45) is 5.92 Å². The highest BCUT2D eigenvalue weighted by molar-refractivity contribution is 5.97. The van der Waals surface area contributed by atoms with E-state index < -0.39 is 5.97 Å². The molecule has 0 aliphatic carbocycles. The van der Waals surface area contributed by atoms with Crippen molar-refractivity contribution < 1.29 is 14.7 Å². The molecule has 0 bridgehead atoms. The van der Waals surface area contributed by atoms with Crippen LogP contribution in [-0.2, 0) is 11.2 Å². The fraction of sp³-hybridized carbons (Fsp3) is 0.619. The number of hydrogen-bond donors (Lipinski definition) is 1. The van der Waals surface area contributed by atoms with Crippen molar-refractivity contribution in [3.63, 3.8) is 0 Å². The second-order valence-electron chi connectivity index (χ2n) is 7.59. The average molecular weight is 358 g/mol. The minimum absolute atomic E-state index is 0.165. The molecule has 1 unspecified atom stereocenters. The standard InChI is InChI=1S/C21H30N2O3/c1-2-10-23-12-4-5-16-14-17(7-8-19(16)23)20(24)9-13-22-11-3-6-18(15-22)21(25)26/h7-8,14,18H,2-6,9-13,15H2,1H3,(H,25,26). The number of benzene rings is 1. The summed E-state index contributed by atoms with van der Waals surface area (Å²) in [6.45, 7) is 6.49. The van der Waals surface area contributed by atoms with Crippen LogP contribution in [0.4, 0.5) is 5.69 Å². The second-order valence-corrected chi connectivity index (χ2v) is 7.59. The van der Waals surface area contributed by atoms with Crippen LogP contribution in [0, 0.1) is 5.92 Å². The molecule has 0 amide bonds. The van der Waals surface area contributed by atoms with E-state index in [9.17, 15) is 14.7 Å². The lowest BCUT2D eigenvalue weighted by Crippen LogP contribution is -2.39. The summed E-state index contributed by atoms with van der Waals surface area (Å²) in [6, 6.07) is 6.15. The monoisotopic (exact) mass is 358 g/mol. The summed E-state index contributed by atoms with van der Waals surface area (Å²) >= 11 is 0. The van der Waals surface area contributed by atoms with E-state index >= 15 is 0 Å². The third-order valence-corrected chi connectivity index (χ3v) is 5.62. The van der Waals surface area contributed by atoms with Gasteiger partial charge in [0.2, 0.25) is 0 Å². The summed E-state index contributed by atoms with van der Waals surface area (Å²) in [6.07, 6.45) is 5.44. The van der Waals surface area contributed by atoms with Gasteiger partial charge in [-0.3, -0.25) is 9.59 Å². The number of carboxylic acid groups (broad SMARTS) is 1. The first kappa shape index (κ1) is 18.9. The highest BCUT2D eigenvalue weighted by Gasteiger charge is 2.25. The average Bonchev–Trinajstić information content (AvgIpc) is 2.66. The number of aliphatic carboxylic acids is 1. The van der Waals surface area contributed by atoms with Gasteiger partial charge in [0.25, 0.3) is 0 Å². The van der Waals surface area contributed by atoms with Crippen LogP contribution >= 0.6 is 0 Å². The van der Waals surface area contributed by atoms with Crippen LogP contribution < -0.4 is 4.90 Å². The smallest absolute Gasteiger partial charge is 0.307 e. The Hall–Kier alpha value is -1.88. The lowest BCUT2D eigenvalue weighted by atomic mass is 9.96. The van der Waals surface area contributed by atoms with Crippen LogP contribution in [0.15, 0.2) is 18.2 Å². The third kappa shape index (κ3) is 4.44. The van der Waals surface area contributed by atoms with Crippen molar-refractivity contribution >= 4 is 17.4 Å². The molecule has 1 saturated heterocycles. The Morgan fingerprint density at radius 1 is 1.19 bits per heavy atom. The van der Waals surface area contributed by atoms with Crippen molar-refractivity contribution in [3.8, 4) is 0 Å². The highest BCUT2D eigenvalue weighted by atomic mass is 16.4. The van der Waals surface area contributed by atoms with Gasteiger partial charge in [-0.2, -0.15) is 0 Å². The number of nitrogens with zero attached hydrogens (tertiary/aromatic N) is 2. The molecule has 2 aliphatic rings. The maximum Gasteiger partial charge on any atom is 0.307 e. The fourth-order valence-corrected chi connectivity index (χ4v) is 4.21. The van der Waals surface area contributed by atoms with Gasteiger partial charge in [-0.05, 0) is 62.4 Å². The topological polar surface area (TPSA) is 60.9 Å². The number of anilines is 1. The van der Waals surface area contributed by atoms with E-state index in [4.69, 9.17) is 0 Å². The van der Waals surface area contributed by atoms with Crippen LogP contribution in [0.2, 0.25) is 0 Å². The zero-order chi connectivity index (χ0) is 18.5. The lowest BCUT2D eigenvalue weighted by molar-refractivity contribution is -0.143. The number of carboxylic acids is 1. The van der Waals surface area contributed by atoms with Gasteiger partial charge in [-0.25, -0.2) is 0 Å². The van der Waals surface area contributed by atoms with Gasteiger partial charge < -0.3 is 14.9 Å². The van der Waals surface area contributed by atoms with Gasteiger partial charge in [0.1, 0.15) is 0 Å². The van der Waals surface area contributed by atoms with Gasteiger partial charge in [-0.15, -0.1) is 0 Å². The lowest BCUT2D eigenvalue weighted by Gasteiger charge is -2.31. The molecule has 1 fully saturated rings. The number of piperidine rings is 1. The normalized spacial score (nSPS) is 20.7. The quantitative estimate of drug-likeness (QED) is 0.759. The van der Waals surface area contributed by atoms with Crippen molar-refractivity contribution in [3.05, 3.63) is 29.3 Å². The maximum absolute atomic E-state index is 12.6. The molecule has 5 heteroatoms. The molecule has 0 aromatic heterocycles. The molecule has 5 nitrogen and oxygen atoms in total. The largest absolute Gasteiger partial charge is 0.481 e. The SMILES string of the molecule is CCCN1CCCc2cc(C(=O)CCN3CCCC(C(=O)O)C3)ccc21. The van der Waals surface area contributed by atoms with Crippen molar-refractivity contribution in [2.75, 3.05) is 37.6 Å². The first-order chi connectivity index (χ1) is 12.6. The van der Waals surface area contributed by atoms with Crippen LogP contribution in [0.3, 0.4) is 0 Å². The van der Waals surface area contributed by atoms with Crippen molar-refractivity contribution in [1.82, 2.24) is 4.90 Å². The summed E-state index contributed by atoms with van der Waals surface area (Å²) in [5, 5.41) is 9.19. The van der Waals surface area contributed by atoms with E-state index in [1.165, 1.54) is 11.3 Å². The van der Waals surface area contributed by atoms with Crippen LogP contribution in [0.1, 0.15) is 54.9 Å². The van der Waals surface area contributed by atoms with Gasteiger partial charge in [-0.1, -0.05) is 6.92 Å². The predicted octanol–water partition coefficient (Wildman–Crippen LogP) is 3.22. The minimum atomic E-state index is -0.715. The zero-order valence-electron chi connectivity index (χ0n) is 15.7. The molecule has 0 saturated carbocycles. The number of carbonyl (C=O) groups is 2. The molecule has 0 radical (unpaired) electrons. The number of hydrogen-bond acceptors (Lipinski definition) is 4.